The molecule has 3 aromatic carbocycles. The Labute approximate surface area is 230 Å². The van der Waals surface area contributed by atoms with Gasteiger partial charge < -0.3 is 9.80 Å². The highest BCUT2D eigenvalue weighted by molar-refractivity contribution is 6.15. The van der Waals surface area contributed by atoms with E-state index in [-0.39, 0.29) is 17.2 Å². The fourth-order valence-corrected chi connectivity index (χ4v) is 6.17. The minimum atomic E-state index is -0.179. The van der Waals surface area contributed by atoms with Crippen LogP contribution in [-0.4, -0.2) is 36.3 Å². The maximum absolute atomic E-state index is 14.0. The summed E-state index contributed by atoms with van der Waals surface area (Å²) in [6.07, 6.45) is 8.54. The van der Waals surface area contributed by atoms with Gasteiger partial charge in [0.2, 0.25) is 5.91 Å². The molecule has 0 aromatic heterocycles. The highest BCUT2D eigenvalue weighted by Crippen LogP contribution is 2.47. The van der Waals surface area contributed by atoms with E-state index in [2.05, 4.69) is 37.9 Å². The number of carbonyl (C=O) groups excluding carboxylic acids is 2. The van der Waals surface area contributed by atoms with Crippen LogP contribution >= 0.6 is 0 Å². The normalized spacial score (nSPS) is 17.0. The van der Waals surface area contributed by atoms with Crippen molar-refractivity contribution in [2.24, 2.45) is 0 Å². The second-order valence-electron chi connectivity index (χ2n) is 10.3. The Morgan fingerprint density at radius 1 is 0.872 bits per heavy atom. The number of piperidine rings is 1. The number of amides is 2. The summed E-state index contributed by atoms with van der Waals surface area (Å²) >= 11 is 0. The van der Waals surface area contributed by atoms with Crippen LogP contribution in [0.15, 0.2) is 127 Å². The molecule has 0 bridgehead atoms. The third-order valence-electron chi connectivity index (χ3n) is 8.26. The minimum absolute atomic E-state index is 0.00605. The number of para-hydroxylation sites is 1. The van der Waals surface area contributed by atoms with E-state index in [4.69, 9.17) is 0 Å². The molecule has 2 amide bonds. The third kappa shape index (κ3) is 4.57. The predicted molar refractivity (Wildman–Crippen MR) is 161 cm³/mol. The van der Waals surface area contributed by atoms with Crippen molar-refractivity contribution < 1.29 is 9.59 Å². The molecule has 196 valence electrons. The molecule has 5 rings (SSSR count). The van der Waals surface area contributed by atoms with Gasteiger partial charge in [-0.3, -0.25) is 9.59 Å². The summed E-state index contributed by atoms with van der Waals surface area (Å²) in [5, 5.41) is 2.02. The van der Waals surface area contributed by atoms with Crippen LogP contribution in [0, 0.1) is 0 Å². The fourth-order valence-electron chi connectivity index (χ4n) is 6.17. The second kappa shape index (κ2) is 10.7. The Morgan fingerprint density at radius 2 is 1.56 bits per heavy atom. The van der Waals surface area contributed by atoms with E-state index < -0.39 is 0 Å². The molecule has 2 aliphatic heterocycles. The first-order chi connectivity index (χ1) is 18.9. The van der Waals surface area contributed by atoms with Crippen molar-refractivity contribution in [3.63, 3.8) is 0 Å². The zero-order valence-electron chi connectivity index (χ0n) is 22.5. The lowest BCUT2D eigenvalue weighted by atomic mass is 9.74. The number of anilines is 1. The Kier molecular flexibility index (Phi) is 7.21. The second-order valence-corrected chi connectivity index (χ2v) is 10.3. The topological polar surface area (TPSA) is 40.6 Å². The molecule has 0 saturated carbocycles. The van der Waals surface area contributed by atoms with Gasteiger partial charge in [-0.2, -0.15) is 0 Å². The summed E-state index contributed by atoms with van der Waals surface area (Å²) in [6.45, 7) is 15.3. The average Bonchev–Trinajstić information content (AvgIpc) is 3.30. The summed E-state index contributed by atoms with van der Waals surface area (Å²) in [7, 11) is 0. The molecular weight excluding hydrogens is 480 g/mol. The quantitative estimate of drug-likeness (QED) is 0.259. The first-order valence-corrected chi connectivity index (χ1v) is 13.4. The van der Waals surface area contributed by atoms with Gasteiger partial charge in [-0.1, -0.05) is 98.6 Å². The minimum Gasteiger partial charge on any atom is -0.339 e. The van der Waals surface area contributed by atoms with E-state index in [0.717, 1.165) is 46.0 Å². The molecular formula is C35H34N2O2. The smallest absolute Gasteiger partial charge is 0.258 e. The summed E-state index contributed by atoms with van der Waals surface area (Å²) in [5.41, 5.74) is 4.96. The molecule has 2 heterocycles. The largest absolute Gasteiger partial charge is 0.339 e. The van der Waals surface area contributed by atoms with Crippen molar-refractivity contribution >= 4 is 28.3 Å². The summed E-state index contributed by atoms with van der Waals surface area (Å²) < 4.78 is 0. The zero-order chi connectivity index (χ0) is 27.6. The molecule has 0 N–H and O–H groups in total. The molecule has 1 saturated heterocycles. The van der Waals surface area contributed by atoms with Crippen LogP contribution in [0.4, 0.5) is 5.69 Å². The van der Waals surface area contributed by atoms with Crippen molar-refractivity contribution in [3.8, 4) is 0 Å². The SMILES string of the molecule is C=C/C=C(C=C)\C(C=C)=C(/C)C(=O)N1CCC2(CC1)CN(C(=O)c1cccc3ccccc13)c1ccccc12. The van der Waals surface area contributed by atoms with E-state index >= 15 is 0 Å². The van der Waals surface area contributed by atoms with Crippen molar-refractivity contribution in [3.05, 3.63) is 139 Å². The molecule has 4 heteroatoms. The van der Waals surface area contributed by atoms with Gasteiger partial charge in [0, 0.05) is 41.9 Å². The Balaban J connectivity index is 1.41. The van der Waals surface area contributed by atoms with Crippen molar-refractivity contribution in [1.82, 2.24) is 4.90 Å². The van der Waals surface area contributed by atoms with Gasteiger partial charge in [-0.05, 0) is 59.4 Å². The number of allylic oxidation sites excluding steroid dienone is 6. The van der Waals surface area contributed by atoms with Gasteiger partial charge in [0.05, 0.1) is 0 Å². The van der Waals surface area contributed by atoms with Crippen molar-refractivity contribution in [2.45, 2.75) is 25.2 Å². The number of likely N-dealkylation sites (tertiary alicyclic amines) is 1. The van der Waals surface area contributed by atoms with E-state index in [0.29, 0.717) is 25.2 Å². The summed E-state index contributed by atoms with van der Waals surface area (Å²) in [4.78, 5) is 31.4. The van der Waals surface area contributed by atoms with Gasteiger partial charge in [-0.25, -0.2) is 0 Å². The third-order valence-corrected chi connectivity index (χ3v) is 8.26. The summed E-state index contributed by atoms with van der Waals surface area (Å²) in [5.74, 6) is 0.0292. The van der Waals surface area contributed by atoms with E-state index in [1.165, 1.54) is 5.56 Å². The number of fused-ring (bicyclic) bond motifs is 3. The first-order valence-electron chi connectivity index (χ1n) is 13.4. The van der Waals surface area contributed by atoms with E-state index in [1.807, 2.05) is 71.3 Å². The van der Waals surface area contributed by atoms with Crippen LogP contribution in [0.1, 0.15) is 35.7 Å². The van der Waals surface area contributed by atoms with Crippen LogP contribution in [0.25, 0.3) is 10.8 Å². The van der Waals surface area contributed by atoms with Gasteiger partial charge >= 0.3 is 0 Å². The highest BCUT2D eigenvalue weighted by Gasteiger charge is 2.47. The average molecular weight is 515 g/mol. The lowest BCUT2D eigenvalue weighted by molar-refractivity contribution is -0.128. The van der Waals surface area contributed by atoms with E-state index in [1.54, 1.807) is 18.2 Å². The van der Waals surface area contributed by atoms with Crippen LogP contribution in [0.2, 0.25) is 0 Å². The zero-order valence-corrected chi connectivity index (χ0v) is 22.5. The molecule has 0 atom stereocenters. The summed E-state index contributed by atoms with van der Waals surface area (Å²) in [6, 6.07) is 22.2. The molecule has 3 aromatic rings. The van der Waals surface area contributed by atoms with Crippen LogP contribution in [-0.2, 0) is 10.2 Å². The number of nitrogens with zero attached hydrogens (tertiary/aromatic N) is 2. The maximum Gasteiger partial charge on any atom is 0.258 e. The molecule has 4 nitrogen and oxygen atoms in total. The molecule has 0 radical (unpaired) electrons. The Morgan fingerprint density at radius 3 is 2.28 bits per heavy atom. The van der Waals surface area contributed by atoms with Crippen molar-refractivity contribution in [2.75, 3.05) is 24.5 Å². The molecule has 39 heavy (non-hydrogen) atoms. The molecule has 0 unspecified atom stereocenters. The number of hydrogen-bond donors (Lipinski definition) is 0. The lowest BCUT2D eigenvalue weighted by Gasteiger charge is -2.40. The standard InChI is InChI=1S/C35H34N2O2/c1-5-13-26(6-2)28(7-3)25(4)33(38)36-22-20-35(21-23-36)24-37(32-19-11-10-18-31(32)35)34(39)30-17-12-15-27-14-8-9-16-29(27)30/h5-19H,1-3,20-24H2,4H3/b26-13-,28-25+. The van der Waals surface area contributed by atoms with Gasteiger partial charge in [0.25, 0.3) is 5.91 Å². The van der Waals surface area contributed by atoms with Crippen LogP contribution in [0.5, 0.6) is 0 Å². The van der Waals surface area contributed by atoms with Crippen LogP contribution < -0.4 is 4.90 Å². The molecule has 0 aliphatic carbocycles. The fraction of sp³-hybridized carbons (Fsp3) is 0.200. The Bertz CT molecular complexity index is 1540. The highest BCUT2D eigenvalue weighted by atomic mass is 16.2. The number of hydrogen-bond acceptors (Lipinski definition) is 2. The number of rotatable bonds is 6. The molecule has 1 spiro atoms. The molecule has 2 aliphatic rings. The Hall–Kier alpha value is -4.44. The van der Waals surface area contributed by atoms with Crippen LogP contribution in [0.3, 0.4) is 0 Å². The number of benzene rings is 3. The predicted octanol–water partition coefficient (Wildman–Crippen LogP) is 7.16. The first kappa shape index (κ1) is 26.2. The van der Waals surface area contributed by atoms with Gasteiger partial charge in [0.15, 0.2) is 0 Å². The monoisotopic (exact) mass is 514 g/mol. The van der Waals surface area contributed by atoms with E-state index in [9.17, 15) is 9.59 Å². The number of carbonyl (C=O) groups is 2. The van der Waals surface area contributed by atoms with Crippen molar-refractivity contribution in [1.29, 1.82) is 0 Å². The molecule has 1 fully saturated rings. The van der Waals surface area contributed by atoms with Gasteiger partial charge in [-0.15, -0.1) is 0 Å². The van der Waals surface area contributed by atoms with Gasteiger partial charge in [0.1, 0.15) is 0 Å². The maximum atomic E-state index is 14.0. The lowest BCUT2D eigenvalue weighted by Crippen LogP contribution is -2.48.